The summed E-state index contributed by atoms with van der Waals surface area (Å²) in [5, 5.41) is 19.0. The minimum atomic E-state index is -4.48. The second-order valence-electron chi connectivity index (χ2n) is 6.54. The average Bonchev–Trinajstić information content (AvgIpc) is 3.40. The zero-order valence-electron chi connectivity index (χ0n) is 16.7. The van der Waals surface area contributed by atoms with Gasteiger partial charge in [0.2, 0.25) is 5.16 Å². The number of carbonyl (C=O) groups is 1. The molecule has 0 saturated carbocycles. The first kappa shape index (κ1) is 21.5. The quantitative estimate of drug-likeness (QED) is 0.454. The van der Waals surface area contributed by atoms with E-state index in [-0.39, 0.29) is 11.4 Å². The minimum Gasteiger partial charge on any atom is -0.322 e. The van der Waals surface area contributed by atoms with Crippen molar-refractivity contribution in [1.82, 2.24) is 35.0 Å². The van der Waals surface area contributed by atoms with E-state index in [1.165, 1.54) is 28.7 Å². The van der Waals surface area contributed by atoms with Gasteiger partial charge in [-0.1, -0.05) is 17.8 Å². The lowest BCUT2D eigenvalue weighted by Crippen LogP contribution is -2.14. The number of amides is 1. The summed E-state index contributed by atoms with van der Waals surface area (Å²) in [6, 6.07) is 9.08. The number of pyridine rings is 1. The van der Waals surface area contributed by atoms with E-state index in [0.29, 0.717) is 22.2 Å². The third-order valence-electron chi connectivity index (χ3n) is 4.52. The van der Waals surface area contributed by atoms with Crippen molar-refractivity contribution >= 4 is 23.4 Å². The summed E-state index contributed by atoms with van der Waals surface area (Å²) in [7, 11) is 0. The molecule has 1 aromatic carbocycles. The number of thioether (sulfide) groups is 1. The van der Waals surface area contributed by atoms with Crippen molar-refractivity contribution in [3.8, 4) is 11.5 Å². The number of benzene rings is 1. The van der Waals surface area contributed by atoms with Crippen molar-refractivity contribution in [3.05, 3.63) is 65.6 Å². The molecular formula is C19H15F3N8OS. The predicted molar refractivity (Wildman–Crippen MR) is 110 cm³/mol. The number of hydrogen-bond donors (Lipinski definition) is 1. The van der Waals surface area contributed by atoms with Crippen LogP contribution < -0.4 is 5.32 Å². The predicted octanol–water partition coefficient (Wildman–Crippen LogP) is 3.54. The van der Waals surface area contributed by atoms with Crippen LogP contribution >= 0.6 is 11.8 Å². The number of rotatable bonds is 5. The molecule has 0 atom stereocenters. The van der Waals surface area contributed by atoms with Crippen LogP contribution in [0, 0.1) is 6.92 Å². The maximum Gasteiger partial charge on any atom is 0.417 e. The average molecular weight is 460 g/mol. The van der Waals surface area contributed by atoms with E-state index < -0.39 is 17.6 Å². The SMILES string of the molecule is CSc1nnnn1-c1cccc(NC(=O)c2cnn(-c3ccc(C(F)(F)F)cn3)c2C)c1. The van der Waals surface area contributed by atoms with E-state index in [9.17, 15) is 18.0 Å². The Bertz CT molecular complexity index is 1270. The van der Waals surface area contributed by atoms with E-state index in [0.717, 1.165) is 12.3 Å². The Balaban J connectivity index is 1.55. The van der Waals surface area contributed by atoms with Crippen LogP contribution in [0.2, 0.25) is 0 Å². The molecule has 3 heterocycles. The molecule has 1 amide bonds. The van der Waals surface area contributed by atoms with Gasteiger partial charge in [-0.25, -0.2) is 9.67 Å². The lowest BCUT2D eigenvalue weighted by Gasteiger charge is -2.09. The monoisotopic (exact) mass is 460 g/mol. The third kappa shape index (κ3) is 4.19. The summed E-state index contributed by atoms with van der Waals surface area (Å²) in [6.45, 7) is 1.63. The number of aromatic nitrogens is 7. The van der Waals surface area contributed by atoms with Crippen molar-refractivity contribution < 1.29 is 18.0 Å². The molecule has 0 aliphatic carbocycles. The fourth-order valence-corrected chi connectivity index (χ4v) is 3.36. The van der Waals surface area contributed by atoms with Crippen LogP contribution in [-0.2, 0) is 6.18 Å². The Morgan fingerprint density at radius 2 is 1.94 bits per heavy atom. The van der Waals surface area contributed by atoms with E-state index in [1.807, 2.05) is 6.26 Å². The minimum absolute atomic E-state index is 0.167. The highest BCUT2D eigenvalue weighted by atomic mass is 32.2. The van der Waals surface area contributed by atoms with E-state index >= 15 is 0 Å². The molecule has 32 heavy (non-hydrogen) atoms. The molecule has 4 rings (SSSR count). The number of alkyl halides is 3. The van der Waals surface area contributed by atoms with Crippen LogP contribution in [0.1, 0.15) is 21.6 Å². The lowest BCUT2D eigenvalue weighted by atomic mass is 10.2. The molecule has 0 fully saturated rings. The molecule has 13 heteroatoms. The van der Waals surface area contributed by atoms with Gasteiger partial charge in [0.25, 0.3) is 5.91 Å². The van der Waals surface area contributed by atoms with Crippen molar-refractivity contribution in [3.63, 3.8) is 0 Å². The summed E-state index contributed by atoms with van der Waals surface area (Å²) in [6.07, 6.45) is -0.576. The molecular weight excluding hydrogens is 445 g/mol. The van der Waals surface area contributed by atoms with E-state index in [1.54, 1.807) is 35.9 Å². The van der Waals surface area contributed by atoms with Gasteiger partial charge in [0.1, 0.15) is 0 Å². The number of hydrogen-bond acceptors (Lipinski definition) is 7. The third-order valence-corrected chi connectivity index (χ3v) is 5.14. The molecule has 0 aliphatic rings. The summed E-state index contributed by atoms with van der Waals surface area (Å²) in [5.41, 5.74) is 0.991. The van der Waals surface area contributed by atoms with Crippen LogP contribution in [0.3, 0.4) is 0 Å². The molecule has 0 unspecified atom stereocenters. The van der Waals surface area contributed by atoms with Crippen molar-refractivity contribution in [2.75, 3.05) is 11.6 Å². The van der Waals surface area contributed by atoms with Crippen molar-refractivity contribution in [1.29, 1.82) is 0 Å². The fraction of sp³-hybridized carbons (Fsp3) is 0.158. The highest BCUT2D eigenvalue weighted by Gasteiger charge is 2.30. The maximum atomic E-state index is 12.8. The smallest absolute Gasteiger partial charge is 0.322 e. The van der Waals surface area contributed by atoms with Gasteiger partial charge in [0.05, 0.1) is 28.7 Å². The van der Waals surface area contributed by atoms with Crippen molar-refractivity contribution in [2.45, 2.75) is 18.3 Å². The van der Waals surface area contributed by atoms with Gasteiger partial charge in [-0.3, -0.25) is 4.79 Å². The van der Waals surface area contributed by atoms with E-state index in [4.69, 9.17) is 0 Å². The van der Waals surface area contributed by atoms with Crippen LogP contribution in [-0.4, -0.2) is 47.1 Å². The molecule has 3 aromatic heterocycles. The second kappa shape index (κ2) is 8.42. The Kier molecular flexibility index (Phi) is 5.65. The molecule has 0 saturated heterocycles. The highest BCUT2D eigenvalue weighted by molar-refractivity contribution is 7.98. The zero-order chi connectivity index (χ0) is 22.9. The fourth-order valence-electron chi connectivity index (χ4n) is 2.92. The number of nitrogens with zero attached hydrogens (tertiary/aromatic N) is 7. The summed E-state index contributed by atoms with van der Waals surface area (Å²) in [4.78, 5) is 16.6. The summed E-state index contributed by atoms with van der Waals surface area (Å²) < 4.78 is 41.1. The Labute approximate surface area is 183 Å². The van der Waals surface area contributed by atoms with Gasteiger partial charge in [0, 0.05) is 11.9 Å². The number of carbonyl (C=O) groups excluding carboxylic acids is 1. The van der Waals surface area contributed by atoms with Crippen LogP contribution in [0.15, 0.2) is 53.9 Å². The molecule has 4 aromatic rings. The number of nitrogens with one attached hydrogen (secondary N) is 1. The number of anilines is 1. The first-order valence-corrected chi connectivity index (χ1v) is 10.3. The van der Waals surface area contributed by atoms with Crippen LogP contribution in [0.5, 0.6) is 0 Å². The first-order chi connectivity index (χ1) is 15.3. The Morgan fingerprint density at radius 3 is 2.62 bits per heavy atom. The molecule has 164 valence electrons. The molecule has 1 N–H and O–H groups in total. The van der Waals surface area contributed by atoms with Gasteiger partial charge in [-0.2, -0.15) is 23.0 Å². The summed E-state index contributed by atoms with van der Waals surface area (Å²) in [5.74, 6) is -0.264. The summed E-state index contributed by atoms with van der Waals surface area (Å²) >= 11 is 1.38. The highest BCUT2D eigenvalue weighted by Crippen LogP contribution is 2.29. The largest absolute Gasteiger partial charge is 0.417 e. The van der Waals surface area contributed by atoms with Gasteiger partial charge in [-0.15, -0.1) is 5.10 Å². The topological polar surface area (TPSA) is 103 Å². The standard InChI is InChI=1S/C19H15F3N8OS/c1-11-15(10-24-29(11)16-7-6-12(9-23-16)19(20,21)22)17(31)25-13-4-3-5-14(8-13)30-18(32-2)26-27-28-30/h3-10H,1-2H3,(H,25,31). The molecule has 0 spiro atoms. The van der Waals surface area contributed by atoms with Crippen molar-refractivity contribution in [2.24, 2.45) is 0 Å². The lowest BCUT2D eigenvalue weighted by molar-refractivity contribution is -0.137. The first-order valence-electron chi connectivity index (χ1n) is 9.10. The Hall–Kier alpha value is -3.74. The van der Waals surface area contributed by atoms with Gasteiger partial charge >= 0.3 is 6.18 Å². The van der Waals surface area contributed by atoms with Crippen LogP contribution in [0.4, 0.5) is 18.9 Å². The second-order valence-corrected chi connectivity index (χ2v) is 7.31. The molecule has 9 nitrogen and oxygen atoms in total. The Morgan fingerprint density at radius 1 is 1.12 bits per heavy atom. The van der Waals surface area contributed by atoms with Gasteiger partial charge in [0.15, 0.2) is 5.82 Å². The normalized spacial score (nSPS) is 11.5. The van der Waals surface area contributed by atoms with Gasteiger partial charge < -0.3 is 5.32 Å². The van der Waals surface area contributed by atoms with E-state index in [2.05, 4.69) is 30.9 Å². The van der Waals surface area contributed by atoms with Gasteiger partial charge in [-0.05, 0) is 53.9 Å². The van der Waals surface area contributed by atoms with Crippen LogP contribution in [0.25, 0.3) is 11.5 Å². The number of halogens is 3. The maximum absolute atomic E-state index is 12.8. The molecule has 0 radical (unpaired) electrons. The molecule has 0 bridgehead atoms. The zero-order valence-corrected chi connectivity index (χ0v) is 17.5. The molecule has 0 aliphatic heterocycles. The number of tetrazole rings is 1.